The maximum atomic E-state index is 10.9. The maximum Gasteiger partial charge on any atom is 0.250 e. The topological polar surface area (TPSA) is 44.8 Å². The quantitative estimate of drug-likeness (QED) is 0.0702. The maximum absolute atomic E-state index is 10.9. The van der Waals surface area contributed by atoms with Crippen LogP contribution < -0.4 is 0 Å². The van der Waals surface area contributed by atoms with Crippen LogP contribution in [0.15, 0.2) is 23.5 Å². The smallest absolute Gasteiger partial charge is 0.250 e. The highest BCUT2D eigenvalue weighted by molar-refractivity contribution is 6.74. The Labute approximate surface area is 257 Å². The van der Waals surface area contributed by atoms with Gasteiger partial charge in [0.25, 0.3) is 0 Å². The molecule has 1 aliphatic rings. The van der Waals surface area contributed by atoms with Gasteiger partial charge in [-0.05, 0) is 93.6 Å². The van der Waals surface area contributed by atoms with E-state index in [4.69, 9.17) is 13.3 Å². The van der Waals surface area contributed by atoms with Gasteiger partial charge in [0.15, 0.2) is 22.9 Å². The molecule has 0 heterocycles. The van der Waals surface area contributed by atoms with E-state index in [1.165, 1.54) is 18.4 Å². The molecule has 0 amide bonds. The predicted molar refractivity (Wildman–Crippen MR) is 185 cm³/mol. The van der Waals surface area contributed by atoms with Crippen LogP contribution in [0.5, 0.6) is 0 Å². The molecular formula is C34H64O4Si3. The van der Waals surface area contributed by atoms with Crippen molar-refractivity contribution in [1.29, 1.82) is 0 Å². The summed E-state index contributed by atoms with van der Waals surface area (Å²) in [5.74, 6) is 6.96. The number of carbonyl (C=O) groups is 1. The highest BCUT2D eigenvalue weighted by atomic mass is 28.4. The molecule has 0 fully saturated rings. The first-order chi connectivity index (χ1) is 18.9. The lowest BCUT2D eigenvalue weighted by Crippen LogP contribution is -2.42. The molecule has 1 rings (SSSR count). The zero-order valence-electron chi connectivity index (χ0n) is 29.1. The molecular weight excluding hydrogens is 557 g/mol. The summed E-state index contributed by atoms with van der Waals surface area (Å²) in [4.78, 5) is 10.9. The molecule has 0 saturated carbocycles. The Morgan fingerprint density at radius 3 is 2.07 bits per heavy atom. The molecule has 7 heteroatoms. The SMILES string of the molecule is CCCCC(C)(C/C=C/[C@H]1C(CCC#CC=O)=C(O[Si](C)(C)C(C)(C)C)C[C@@H]1O[Si](CC)(CC)CC)O[Si](C)(C)C. The van der Waals surface area contributed by atoms with Gasteiger partial charge in [-0.2, -0.15) is 0 Å². The Morgan fingerprint density at radius 2 is 1.59 bits per heavy atom. The van der Waals surface area contributed by atoms with Gasteiger partial charge in [-0.1, -0.05) is 79.4 Å². The average Bonchev–Trinajstić information content (AvgIpc) is 3.16. The number of rotatable bonds is 17. The van der Waals surface area contributed by atoms with Crippen LogP contribution in [0.2, 0.25) is 55.9 Å². The molecule has 1 aliphatic carbocycles. The van der Waals surface area contributed by atoms with Crippen molar-refractivity contribution in [2.75, 3.05) is 0 Å². The fraction of sp³-hybridized carbons (Fsp3) is 0.794. The predicted octanol–water partition coefficient (Wildman–Crippen LogP) is 10.4. The Kier molecular flexibility index (Phi) is 15.1. The minimum Gasteiger partial charge on any atom is -0.546 e. The van der Waals surface area contributed by atoms with E-state index in [9.17, 15) is 4.79 Å². The van der Waals surface area contributed by atoms with Crippen LogP contribution in [0.25, 0.3) is 0 Å². The van der Waals surface area contributed by atoms with E-state index in [0.29, 0.717) is 12.7 Å². The van der Waals surface area contributed by atoms with Crippen LogP contribution in [0.3, 0.4) is 0 Å². The third-order valence-electron chi connectivity index (χ3n) is 9.25. The second-order valence-electron chi connectivity index (χ2n) is 14.8. The van der Waals surface area contributed by atoms with Gasteiger partial charge >= 0.3 is 0 Å². The van der Waals surface area contributed by atoms with Gasteiger partial charge in [-0.15, -0.1) is 0 Å². The lowest BCUT2D eigenvalue weighted by Gasteiger charge is -2.37. The molecule has 1 unspecified atom stereocenters. The summed E-state index contributed by atoms with van der Waals surface area (Å²) in [6, 6.07) is 3.39. The standard InChI is InChI=1S/C34H64O4Si3/c1-14-18-25-34(8,38-39(9,10)11)26-22-24-30-29(23-20-19-21-27-35)31(36-40(12,13)33(5,6)7)28-32(30)37-41(15-2,16-3)17-4/h22,24,27,30,32H,14-18,20,23,25-26,28H2,1-13H3/b24-22+/t30-,32-,34?/m0/s1. The van der Waals surface area contributed by atoms with Gasteiger partial charge in [0.2, 0.25) is 8.32 Å². The molecule has 236 valence electrons. The van der Waals surface area contributed by atoms with Crippen LogP contribution >= 0.6 is 0 Å². The third-order valence-corrected chi connectivity index (χ3v) is 19.4. The first-order valence-corrected chi connectivity index (χ1v) is 25.1. The van der Waals surface area contributed by atoms with Gasteiger partial charge in [-0.25, -0.2) is 0 Å². The second-order valence-corrected chi connectivity index (χ2v) is 28.7. The van der Waals surface area contributed by atoms with Crippen LogP contribution in [0, 0.1) is 17.8 Å². The molecule has 0 spiro atoms. The number of aldehydes is 1. The Morgan fingerprint density at radius 1 is 0.976 bits per heavy atom. The van der Waals surface area contributed by atoms with Crippen molar-refractivity contribution < 1.29 is 18.1 Å². The van der Waals surface area contributed by atoms with Crippen LogP contribution in [0.4, 0.5) is 0 Å². The molecule has 0 aromatic heterocycles. The largest absolute Gasteiger partial charge is 0.546 e. The molecule has 0 radical (unpaired) electrons. The number of carbonyl (C=O) groups excluding carboxylic acids is 1. The van der Waals surface area contributed by atoms with E-state index in [2.05, 4.69) is 112 Å². The average molecular weight is 621 g/mol. The molecule has 41 heavy (non-hydrogen) atoms. The van der Waals surface area contributed by atoms with Gasteiger partial charge < -0.3 is 13.3 Å². The number of hydrogen-bond acceptors (Lipinski definition) is 4. The summed E-state index contributed by atoms with van der Waals surface area (Å²) < 4.78 is 21.1. The van der Waals surface area contributed by atoms with E-state index in [-0.39, 0.29) is 22.7 Å². The lowest BCUT2D eigenvalue weighted by molar-refractivity contribution is -0.103. The molecule has 4 nitrogen and oxygen atoms in total. The highest BCUT2D eigenvalue weighted by Gasteiger charge is 2.45. The molecule has 0 aromatic rings. The van der Waals surface area contributed by atoms with Crippen molar-refractivity contribution >= 4 is 31.2 Å². The summed E-state index contributed by atoms with van der Waals surface area (Å²) in [6.07, 6.45) is 12.2. The van der Waals surface area contributed by atoms with Crippen LogP contribution in [-0.2, 0) is 18.1 Å². The van der Waals surface area contributed by atoms with E-state index >= 15 is 0 Å². The first-order valence-electron chi connectivity index (χ1n) is 16.3. The summed E-state index contributed by atoms with van der Waals surface area (Å²) >= 11 is 0. The first kappa shape index (κ1) is 38.1. The van der Waals surface area contributed by atoms with Crippen LogP contribution in [0.1, 0.15) is 100 Å². The third kappa shape index (κ3) is 11.9. The van der Waals surface area contributed by atoms with Crippen molar-refractivity contribution in [3.63, 3.8) is 0 Å². The van der Waals surface area contributed by atoms with E-state index in [1.54, 1.807) is 0 Å². The van der Waals surface area contributed by atoms with Crippen LogP contribution in [-0.4, -0.2) is 42.9 Å². The van der Waals surface area contributed by atoms with Crippen molar-refractivity contribution in [2.24, 2.45) is 5.92 Å². The Hall–Kier alpha value is -0.919. The fourth-order valence-corrected chi connectivity index (χ4v) is 11.3. The minimum atomic E-state index is -2.05. The van der Waals surface area contributed by atoms with E-state index < -0.39 is 25.0 Å². The summed E-state index contributed by atoms with van der Waals surface area (Å²) in [5, 5.41) is 0.108. The minimum absolute atomic E-state index is 0.0892. The summed E-state index contributed by atoms with van der Waals surface area (Å²) in [6.45, 7) is 29.9. The molecule has 0 N–H and O–H groups in total. The lowest BCUT2D eigenvalue weighted by atomic mass is 9.91. The molecule has 0 saturated heterocycles. The van der Waals surface area contributed by atoms with E-state index in [1.807, 2.05) is 0 Å². The zero-order valence-corrected chi connectivity index (χ0v) is 32.1. The van der Waals surface area contributed by atoms with Crippen molar-refractivity contribution in [3.8, 4) is 11.8 Å². The summed E-state index contributed by atoms with van der Waals surface area (Å²) in [5.41, 5.74) is 1.17. The number of hydrogen-bond donors (Lipinski definition) is 0. The highest BCUT2D eigenvalue weighted by Crippen LogP contribution is 2.46. The van der Waals surface area contributed by atoms with Gasteiger partial charge in [0.1, 0.15) is 0 Å². The summed E-state index contributed by atoms with van der Waals surface area (Å²) in [7, 11) is -5.59. The van der Waals surface area contributed by atoms with E-state index in [0.717, 1.165) is 49.6 Å². The molecule has 3 atom stereocenters. The van der Waals surface area contributed by atoms with Crippen molar-refractivity contribution in [2.45, 2.75) is 168 Å². The molecule has 0 aromatic carbocycles. The van der Waals surface area contributed by atoms with Crippen molar-refractivity contribution in [3.05, 3.63) is 23.5 Å². The molecule has 0 aliphatic heterocycles. The van der Waals surface area contributed by atoms with Crippen molar-refractivity contribution in [1.82, 2.24) is 0 Å². The molecule has 0 bridgehead atoms. The number of unbranched alkanes of at least 4 members (excludes halogenated alkanes) is 1. The normalized spacial score (nSPS) is 20.2. The fourth-order valence-electron chi connectivity index (χ4n) is 5.66. The zero-order chi connectivity index (χ0) is 31.5. The van der Waals surface area contributed by atoms with Gasteiger partial charge in [-0.3, -0.25) is 4.79 Å². The Balaban J connectivity index is 3.58. The Bertz CT molecular complexity index is 933. The second kappa shape index (κ2) is 16.2. The van der Waals surface area contributed by atoms with Gasteiger partial charge in [0, 0.05) is 18.8 Å². The van der Waals surface area contributed by atoms with Gasteiger partial charge in [0.05, 0.1) is 17.5 Å². The monoisotopic (exact) mass is 620 g/mol.